The van der Waals surface area contributed by atoms with Crippen molar-refractivity contribution in [2.24, 2.45) is 0 Å². The number of carboxylic acids is 1. The molecule has 0 aliphatic heterocycles. The van der Waals surface area contributed by atoms with E-state index in [1.165, 1.54) is 24.3 Å². The third kappa shape index (κ3) is 4.57. The number of benzene rings is 2. The molecule has 0 bridgehead atoms. The highest BCUT2D eigenvalue weighted by atomic mass is 19.1. The Kier molecular flexibility index (Phi) is 5.29. The zero-order valence-electron chi connectivity index (χ0n) is 11.3. The lowest BCUT2D eigenvalue weighted by molar-refractivity contribution is -0.139. The van der Waals surface area contributed by atoms with Crippen LogP contribution in [0.15, 0.2) is 54.6 Å². The third-order valence-corrected chi connectivity index (χ3v) is 2.91. The lowest BCUT2D eigenvalue weighted by atomic mass is 10.1. The van der Waals surface area contributed by atoms with Crippen molar-refractivity contribution in [3.63, 3.8) is 0 Å². The number of hydrogen-bond acceptors (Lipinski definition) is 3. The number of nitrogens with one attached hydrogen (secondary N) is 1. The van der Waals surface area contributed by atoms with Gasteiger partial charge in [0.05, 0.1) is 0 Å². The highest BCUT2D eigenvalue weighted by Crippen LogP contribution is 2.13. The molecule has 2 rings (SSSR count). The topological polar surface area (TPSA) is 58.6 Å². The fourth-order valence-electron chi connectivity index (χ4n) is 1.90. The first kappa shape index (κ1) is 15.0. The van der Waals surface area contributed by atoms with Crippen molar-refractivity contribution >= 4 is 5.97 Å². The van der Waals surface area contributed by atoms with Crippen LogP contribution < -0.4 is 10.1 Å². The predicted molar refractivity (Wildman–Crippen MR) is 76.7 cm³/mol. The molecular weight excluding hydrogens is 273 g/mol. The summed E-state index contributed by atoms with van der Waals surface area (Å²) >= 11 is 0. The number of carboxylic acid groups (broad SMARTS) is 1. The van der Waals surface area contributed by atoms with E-state index in [1.54, 1.807) is 24.3 Å². The van der Waals surface area contributed by atoms with E-state index < -0.39 is 12.0 Å². The Morgan fingerprint density at radius 1 is 1.14 bits per heavy atom. The summed E-state index contributed by atoms with van der Waals surface area (Å²) in [4.78, 5) is 11.3. The van der Waals surface area contributed by atoms with Crippen molar-refractivity contribution in [2.45, 2.75) is 6.04 Å². The van der Waals surface area contributed by atoms with E-state index in [9.17, 15) is 14.3 Å². The summed E-state index contributed by atoms with van der Waals surface area (Å²) in [6, 6.07) is 13.8. The fraction of sp³-hybridized carbons (Fsp3) is 0.188. The first-order valence-corrected chi connectivity index (χ1v) is 6.56. The van der Waals surface area contributed by atoms with E-state index in [2.05, 4.69) is 5.32 Å². The Labute approximate surface area is 122 Å². The molecule has 2 aromatic rings. The molecule has 110 valence electrons. The molecule has 0 aromatic heterocycles. The van der Waals surface area contributed by atoms with E-state index in [0.29, 0.717) is 24.5 Å². The Morgan fingerprint density at radius 3 is 2.43 bits per heavy atom. The van der Waals surface area contributed by atoms with Gasteiger partial charge in [0.2, 0.25) is 0 Å². The highest BCUT2D eigenvalue weighted by molar-refractivity contribution is 5.75. The monoisotopic (exact) mass is 289 g/mol. The first-order chi connectivity index (χ1) is 10.2. The van der Waals surface area contributed by atoms with Crippen molar-refractivity contribution in [1.29, 1.82) is 0 Å². The number of carbonyl (C=O) groups is 1. The maximum Gasteiger partial charge on any atom is 0.325 e. The van der Waals surface area contributed by atoms with Gasteiger partial charge in [0.15, 0.2) is 0 Å². The summed E-state index contributed by atoms with van der Waals surface area (Å²) < 4.78 is 18.1. The van der Waals surface area contributed by atoms with Crippen LogP contribution in [0.4, 0.5) is 4.39 Å². The van der Waals surface area contributed by atoms with Crippen LogP contribution in [-0.4, -0.2) is 24.2 Å². The molecule has 2 aromatic carbocycles. The van der Waals surface area contributed by atoms with Crippen LogP contribution in [0.1, 0.15) is 11.6 Å². The minimum Gasteiger partial charge on any atom is -0.492 e. The van der Waals surface area contributed by atoms with E-state index >= 15 is 0 Å². The first-order valence-electron chi connectivity index (χ1n) is 6.56. The molecule has 4 nitrogen and oxygen atoms in total. The SMILES string of the molecule is O=C(O)C(NCCOc1ccc(F)cc1)c1ccccc1. The average Bonchev–Trinajstić information content (AvgIpc) is 2.49. The number of rotatable bonds is 7. The normalized spacial score (nSPS) is 11.9. The quantitative estimate of drug-likeness (QED) is 0.769. The molecule has 0 aliphatic rings. The summed E-state index contributed by atoms with van der Waals surface area (Å²) in [5, 5.41) is 12.1. The minimum absolute atomic E-state index is 0.294. The second-order valence-corrected chi connectivity index (χ2v) is 4.44. The minimum atomic E-state index is -0.942. The van der Waals surface area contributed by atoms with Gasteiger partial charge in [-0.05, 0) is 29.8 Å². The van der Waals surface area contributed by atoms with Crippen LogP contribution in [0, 0.1) is 5.82 Å². The average molecular weight is 289 g/mol. The molecule has 0 aliphatic carbocycles. The van der Waals surface area contributed by atoms with Crippen LogP contribution in [0.5, 0.6) is 5.75 Å². The Balaban J connectivity index is 1.83. The maximum absolute atomic E-state index is 12.7. The Hall–Kier alpha value is -2.40. The van der Waals surface area contributed by atoms with Gasteiger partial charge in [0, 0.05) is 6.54 Å². The van der Waals surface area contributed by atoms with E-state index in [4.69, 9.17) is 4.74 Å². The second kappa shape index (κ2) is 7.40. The zero-order chi connectivity index (χ0) is 15.1. The van der Waals surface area contributed by atoms with Gasteiger partial charge in [-0.2, -0.15) is 0 Å². The van der Waals surface area contributed by atoms with Crippen LogP contribution in [0.3, 0.4) is 0 Å². The van der Waals surface area contributed by atoms with E-state index in [0.717, 1.165) is 0 Å². The molecular formula is C16H16FNO3. The zero-order valence-corrected chi connectivity index (χ0v) is 11.3. The summed E-state index contributed by atoms with van der Waals surface area (Å²) in [5.74, 6) is -0.719. The molecule has 2 N–H and O–H groups in total. The molecule has 0 spiro atoms. The van der Waals surface area contributed by atoms with Gasteiger partial charge in [0.1, 0.15) is 24.2 Å². The summed E-state index contributed by atoms with van der Waals surface area (Å²) in [7, 11) is 0. The van der Waals surface area contributed by atoms with Gasteiger partial charge >= 0.3 is 5.97 Å². The standard InChI is InChI=1S/C16H16FNO3/c17-13-6-8-14(9-7-13)21-11-10-18-15(16(19)20)12-4-2-1-3-5-12/h1-9,15,18H,10-11H2,(H,19,20). The number of aliphatic carboxylic acids is 1. The maximum atomic E-state index is 12.7. The van der Waals surface area contributed by atoms with Crippen molar-refractivity contribution in [3.05, 3.63) is 66.0 Å². The van der Waals surface area contributed by atoms with Crippen LogP contribution in [0.25, 0.3) is 0 Å². The predicted octanol–water partition coefficient (Wildman–Crippen LogP) is 2.62. The van der Waals surface area contributed by atoms with Crippen molar-refractivity contribution < 1.29 is 19.0 Å². The van der Waals surface area contributed by atoms with Gasteiger partial charge in [-0.1, -0.05) is 30.3 Å². The van der Waals surface area contributed by atoms with Gasteiger partial charge < -0.3 is 9.84 Å². The molecule has 0 heterocycles. The smallest absolute Gasteiger partial charge is 0.325 e. The number of hydrogen-bond donors (Lipinski definition) is 2. The molecule has 0 saturated carbocycles. The molecule has 0 radical (unpaired) electrons. The lowest BCUT2D eigenvalue weighted by Crippen LogP contribution is -2.31. The van der Waals surface area contributed by atoms with E-state index in [1.807, 2.05) is 6.07 Å². The fourth-order valence-corrected chi connectivity index (χ4v) is 1.90. The third-order valence-electron chi connectivity index (χ3n) is 2.91. The van der Waals surface area contributed by atoms with Crippen molar-refractivity contribution in [2.75, 3.05) is 13.2 Å². The van der Waals surface area contributed by atoms with Crippen LogP contribution >= 0.6 is 0 Å². The summed E-state index contributed by atoms with van der Waals surface area (Å²) in [6.07, 6.45) is 0. The Bertz CT molecular complexity index is 572. The van der Waals surface area contributed by atoms with E-state index in [-0.39, 0.29) is 5.82 Å². The van der Waals surface area contributed by atoms with Crippen LogP contribution in [-0.2, 0) is 4.79 Å². The van der Waals surface area contributed by atoms with Crippen molar-refractivity contribution in [3.8, 4) is 5.75 Å². The Morgan fingerprint density at radius 2 is 1.81 bits per heavy atom. The van der Waals surface area contributed by atoms with Crippen LogP contribution in [0.2, 0.25) is 0 Å². The van der Waals surface area contributed by atoms with Gasteiger partial charge in [0.25, 0.3) is 0 Å². The lowest BCUT2D eigenvalue weighted by Gasteiger charge is -2.15. The van der Waals surface area contributed by atoms with Gasteiger partial charge in [-0.25, -0.2) is 4.39 Å². The molecule has 1 unspecified atom stereocenters. The molecule has 5 heteroatoms. The van der Waals surface area contributed by atoms with Crippen molar-refractivity contribution in [1.82, 2.24) is 5.32 Å². The summed E-state index contributed by atoms with van der Waals surface area (Å²) in [6.45, 7) is 0.658. The second-order valence-electron chi connectivity index (χ2n) is 4.44. The van der Waals surface area contributed by atoms with Gasteiger partial charge in [-0.15, -0.1) is 0 Å². The molecule has 21 heavy (non-hydrogen) atoms. The molecule has 0 saturated heterocycles. The number of ether oxygens (including phenoxy) is 1. The largest absolute Gasteiger partial charge is 0.492 e. The summed E-state index contributed by atoms with van der Waals surface area (Å²) in [5.41, 5.74) is 0.687. The molecule has 0 amide bonds. The molecule has 1 atom stereocenters. The molecule has 0 fully saturated rings. The highest BCUT2D eigenvalue weighted by Gasteiger charge is 2.18. The van der Waals surface area contributed by atoms with Gasteiger partial charge in [-0.3, -0.25) is 10.1 Å². The number of halogens is 1.